The monoisotopic (exact) mass is 337 g/mol. The van der Waals surface area contributed by atoms with Gasteiger partial charge in [0.25, 0.3) is 0 Å². The smallest absolute Gasteiger partial charge is 0.234 e. The van der Waals surface area contributed by atoms with E-state index in [1.165, 1.54) is 12.1 Å². The Hall–Kier alpha value is -1.50. The summed E-state index contributed by atoms with van der Waals surface area (Å²) < 4.78 is 18.6. The molecule has 1 fully saturated rings. The normalized spacial score (nSPS) is 16.4. The zero-order chi connectivity index (χ0) is 17.6. The van der Waals surface area contributed by atoms with E-state index >= 15 is 0 Å². The van der Waals surface area contributed by atoms with Crippen LogP contribution in [0.3, 0.4) is 0 Å². The van der Waals surface area contributed by atoms with Gasteiger partial charge in [0.15, 0.2) is 0 Å². The lowest BCUT2D eigenvalue weighted by Crippen LogP contribution is -2.56. The number of carbonyl (C=O) groups excluding carboxylic acids is 1. The number of rotatable bonds is 7. The molecule has 1 saturated heterocycles. The van der Waals surface area contributed by atoms with Crippen LogP contribution in [0.25, 0.3) is 0 Å². The first-order valence-electron chi connectivity index (χ1n) is 8.39. The summed E-state index contributed by atoms with van der Waals surface area (Å²) in [5.74, 6) is -0.271. The van der Waals surface area contributed by atoms with E-state index in [1.807, 2.05) is 18.0 Å². The van der Waals surface area contributed by atoms with Crippen LogP contribution >= 0.6 is 0 Å². The van der Waals surface area contributed by atoms with Gasteiger partial charge < -0.3 is 10.1 Å². The standard InChI is InChI=1S/C18H28FN3O2/c1-18(2,22-7-9-24-10-8-22)14-20-17(23)13-21(3)12-15-5-4-6-16(19)11-15/h4-6,11H,7-10,12-14H2,1-3H3,(H,20,23). The minimum absolute atomic E-state index is 0.0183. The van der Waals surface area contributed by atoms with Crippen LogP contribution in [0.5, 0.6) is 0 Å². The van der Waals surface area contributed by atoms with E-state index in [0.717, 1.165) is 31.9 Å². The highest BCUT2D eigenvalue weighted by atomic mass is 19.1. The highest BCUT2D eigenvalue weighted by molar-refractivity contribution is 5.78. The van der Waals surface area contributed by atoms with Gasteiger partial charge in [-0.3, -0.25) is 14.6 Å². The van der Waals surface area contributed by atoms with Crippen LogP contribution in [-0.4, -0.2) is 67.7 Å². The lowest BCUT2D eigenvalue weighted by molar-refractivity contribution is -0.122. The molecule has 134 valence electrons. The highest BCUT2D eigenvalue weighted by Gasteiger charge is 2.28. The number of hydrogen-bond donors (Lipinski definition) is 1. The van der Waals surface area contributed by atoms with Crippen molar-refractivity contribution < 1.29 is 13.9 Å². The maximum Gasteiger partial charge on any atom is 0.234 e. The first kappa shape index (κ1) is 18.8. The summed E-state index contributed by atoms with van der Waals surface area (Å²) in [5, 5.41) is 3.01. The van der Waals surface area contributed by atoms with E-state index < -0.39 is 0 Å². The topological polar surface area (TPSA) is 44.8 Å². The van der Waals surface area contributed by atoms with Crippen molar-refractivity contribution in [2.45, 2.75) is 25.9 Å². The molecule has 5 nitrogen and oxygen atoms in total. The molecule has 1 heterocycles. The van der Waals surface area contributed by atoms with Crippen LogP contribution in [0, 0.1) is 5.82 Å². The number of nitrogens with one attached hydrogen (secondary N) is 1. The summed E-state index contributed by atoms with van der Waals surface area (Å²) in [6.45, 7) is 8.96. The first-order chi connectivity index (χ1) is 11.4. The van der Waals surface area contributed by atoms with Gasteiger partial charge in [-0.1, -0.05) is 12.1 Å². The van der Waals surface area contributed by atoms with Gasteiger partial charge in [0.2, 0.25) is 5.91 Å². The number of ether oxygens (including phenoxy) is 1. The molecule has 1 amide bonds. The average Bonchev–Trinajstić information content (AvgIpc) is 2.54. The predicted molar refractivity (Wildman–Crippen MR) is 92.2 cm³/mol. The summed E-state index contributed by atoms with van der Waals surface area (Å²) in [4.78, 5) is 16.4. The third kappa shape index (κ3) is 5.85. The Labute approximate surface area is 143 Å². The quantitative estimate of drug-likeness (QED) is 0.819. The Morgan fingerprint density at radius 1 is 1.38 bits per heavy atom. The predicted octanol–water partition coefficient (Wildman–Crippen LogP) is 1.48. The van der Waals surface area contributed by atoms with Gasteiger partial charge in [-0.05, 0) is 38.6 Å². The third-order valence-electron chi connectivity index (χ3n) is 4.34. The molecule has 1 aromatic rings. The van der Waals surface area contributed by atoms with E-state index in [4.69, 9.17) is 4.74 Å². The molecule has 1 N–H and O–H groups in total. The Balaban J connectivity index is 1.75. The summed E-state index contributed by atoms with van der Waals surface area (Å²) in [6.07, 6.45) is 0. The molecule has 1 aliphatic rings. The molecule has 0 atom stereocenters. The fourth-order valence-corrected chi connectivity index (χ4v) is 2.90. The Morgan fingerprint density at radius 3 is 2.75 bits per heavy atom. The number of benzene rings is 1. The number of halogens is 1. The maximum atomic E-state index is 13.2. The van der Waals surface area contributed by atoms with Gasteiger partial charge >= 0.3 is 0 Å². The zero-order valence-corrected chi connectivity index (χ0v) is 14.8. The molecule has 0 saturated carbocycles. The van der Waals surface area contributed by atoms with E-state index in [0.29, 0.717) is 13.1 Å². The minimum Gasteiger partial charge on any atom is -0.379 e. The van der Waals surface area contributed by atoms with Crippen molar-refractivity contribution in [3.63, 3.8) is 0 Å². The van der Waals surface area contributed by atoms with Crippen molar-refractivity contribution in [1.82, 2.24) is 15.1 Å². The van der Waals surface area contributed by atoms with Gasteiger partial charge in [-0.25, -0.2) is 4.39 Å². The van der Waals surface area contributed by atoms with Crippen LogP contribution in [0.4, 0.5) is 4.39 Å². The lowest BCUT2D eigenvalue weighted by atomic mass is 10.0. The molecule has 0 aliphatic carbocycles. The van der Waals surface area contributed by atoms with Crippen molar-refractivity contribution in [1.29, 1.82) is 0 Å². The molecule has 1 aromatic carbocycles. The van der Waals surface area contributed by atoms with Gasteiger partial charge in [-0.2, -0.15) is 0 Å². The fraction of sp³-hybridized carbons (Fsp3) is 0.611. The second-order valence-electron chi connectivity index (χ2n) is 6.99. The number of nitrogens with zero attached hydrogens (tertiary/aromatic N) is 2. The second kappa shape index (κ2) is 8.55. The third-order valence-corrected chi connectivity index (χ3v) is 4.34. The molecular weight excluding hydrogens is 309 g/mol. The molecular formula is C18H28FN3O2. The Morgan fingerprint density at radius 2 is 2.08 bits per heavy atom. The summed E-state index contributed by atoms with van der Waals surface area (Å²) in [7, 11) is 1.86. The van der Waals surface area contributed by atoms with E-state index in [-0.39, 0.29) is 23.8 Å². The number of morpholine rings is 1. The molecule has 0 bridgehead atoms. The first-order valence-corrected chi connectivity index (χ1v) is 8.39. The number of hydrogen-bond acceptors (Lipinski definition) is 4. The van der Waals surface area contributed by atoms with Gasteiger partial charge in [0, 0.05) is 31.7 Å². The van der Waals surface area contributed by atoms with E-state index in [1.54, 1.807) is 6.07 Å². The largest absolute Gasteiger partial charge is 0.379 e. The average molecular weight is 337 g/mol. The van der Waals surface area contributed by atoms with Crippen LogP contribution in [-0.2, 0) is 16.1 Å². The van der Waals surface area contributed by atoms with Crippen LogP contribution in [0.15, 0.2) is 24.3 Å². The van der Waals surface area contributed by atoms with Crippen LogP contribution in [0.2, 0.25) is 0 Å². The van der Waals surface area contributed by atoms with E-state index in [2.05, 4.69) is 24.1 Å². The van der Waals surface area contributed by atoms with E-state index in [9.17, 15) is 9.18 Å². The fourth-order valence-electron chi connectivity index (χ4n) is 2.90. The SMILES string of the molecule is CN(CC(=O)NCC(C)(C)N1CCOCC1)Cc1cccc(F)c1. The van der Waals surface area contributed by atoms with Crippen molar-refractivity contribution in [3.8, 4) is 0 Å². The summed E-state index contributed by atoms with van der Waals surface area (Å²) in [5.41, 5.74) is 0.763. The van der Waals surface area contributed by atoms with Gasteiger partial charge in [0.05, 0.1) is 19.8 Å². The second-order valence-corrected chi connectivity index (χ2v) is 6.99. The molecule has 0 unspecified atom stereocenters. The zero-order valence-electron chi connectivity index (χ0n) is 14.8. The number of carbonyl (C=O) groups is 1. The maximum absolute atomic E-state index is 13.2. The van der Waals surface area contributed by atoms with Gasteiger partial charge in [-0.15, -0.1) is 0 Å². The number of amides is 1. The van der Waals surface area contributed by atoms with Crippen LogP contribution < -0.4 is 5.32 Å². The molecule has 0 spiro atoms. The molecule has 24 heavy (non-hydrogen) atoms. The summed E-state index contributed by atoms with van der Waals surface area (Å²) >= 11 is 0. The lowest BCUT2D eigenvalue weighted by Gasteiger charge is -2.40. The molecule has 0 aromatic heterocycles. The molecule has 1 aliphatic heterocycles. The highest BCUT2D eigenvalue weighted by Crippen LogP contribution is 2.15. The Kier molecular flexibility index (Phi) is 6.71. The Bertz CT molecular complexity index is 545. The van der Waals surface area contributed by atoms with Gasteiger partial charge in [0.1, 0.15) is 5.82 Å². The van der Waals surface area contributed by atoms with Crippen molar-refractivity contribution in [2.75, 3.05) is 46.4 Å². The molecule has 6 heteroatoms. The number of likely N-dealkylation sites (N-methyl/N-ethyl adjacent to an activating group) is 1. The molecule has 2 rings (SSSR count). The van der Waals surface area contributed by atoms with Crippen molar-refractivity contribution >= 4 is 5.91 Å². The minimum atomic E-state index is -0.252. The van der Waals surface area contributed by atoms with Crippen LogP contribution in [0.1, 0.15) is 19.4 Å². The molecule has 0 radical (unpaired) electrons. The van der Waals surface area contributed by atoms with Crippen molar-refractivity contribution in [3.05, 3.63) is 35.6 Å². The summed E-state index contributed by atoms with van der Waals surface area (Å²) in [6, 6.07) is 6.46. The van der Waals surface area contributed by atoms with Crippen molar-refractivity contribution in [2.24, 2.45) is 0 Å².